The van der Waals surface area contributed by atoms with Gasteiger partial charge >= 0.3 is 5.97 Å². The highest BCUT2D eigenvalue weighted by Crippen LogP contribution is 2.21. The van der Waals surface area contributed by atoms with Crippen molar-refractivity contribution in [2.75, 3.05) is 0 Å². The maximum absolute atomic E-state index is 11.9. The summed E-state index contributed by atoms with van der Waals surface area (Å²) in [6, 6.07) is 6.98. The zero-order valence-electron chi connectivity index (χ0n) is 10.7. The first-order chi connectivity index (χ1) is 9.97. The van der Waals surface area contributed by atoms with E-state index in [0.29, 0.717) is 5.56 Å². The number of halogens is 1. The Morgan fingerprint density at radius 3 is 2.62 bits per heavy atom. The van der Waals surface area contributed by atoms with Crippen LogP contribution >= 0.6 is 11.6 Å². The molecule has 0 fully saturated rings. The molecular formula is C14H11ClN2O4. The summed E-state index contributed by atoms with van der Waals surface area (Å²) in [6.07, 6.45) is 1.37. The van der Waals surface area contributed by atoms with Gasteiger partial charge in [-0.05, 0) is 29.8 Å². The smallest absolute Gasteiger partial charge is 0.354 e. The van der Waals surface area contributed by atoms with Crippen LogP contribution in [-0.4, -0.2) is 27.1 Å². The van der Waals surface area contributed by atoms with Crippen molar-refractivity contribution in [1.82, 2.24) is 10.3 Å². The summed E-state index contributed by atoms with van der Waals surface area (Å²) in [6.45, 7) is 0.164. The molecule has 0 aliphatic rings. The lowest BCUT2D eigenvalue weighted by molar-refractivity contribution is 0.0690. The number of nitrogens with one attached hydrogen (secondary N) is 1. The van der Waals surface area contributed by atoms with Gasteiger partial charge in [-0.2, -0.15) is 0 Å². The number of carbonyl (C=O) groups is 2. The average molecular weight is 307 g/mol. The number of benzene rings is 1. The number of pyridine rings is 1. The Morgan fingerprint density at radius 1 is 1.24 bits per heavy atom. The third kappa shape index (κ3) is 3.70. The third-order valence-electron chi connectivity index (χ3n) is 2.69. The Hall–Kier alpha value is -2.60. The molecule has 2 rings (SSSR count). The fourth-order valence-corrected chi connectivity index (χ4v) is 1.82. The number of aromatic nitrogens is 1. The number of aromatic carboxylic acids is 1. The first kappa shape index (κ1) is 14.8. The number of carboxylic acid groups (broad SMARTS) is 1. The van der Waals surface area contributed by atoms with Gasteiger partial charge < -0.3 is 15.5 Å². The number of aromatic hydroxyl groups is 1. The minimum atomic E-state index is -1.11. The molecule has 1 aromatic heterocycles. The molecule has 0 saturated carbocycles. The molecule has 0 spiro atoms. The van der Waals surface area contributed by atoms with E-state index >= 15 is 0 Å². The van der Waals surface area contributed by atoms with E-state index in [1.807, 2.05) is 0 Å². The molecule has 0 aliphatic heterocycles. The number of phenols is 1. The van der Waals surface area contributed by atoms with E-state index in [1.165, 1.54) is 30.5 Å². The molecule has 0 atom stereocenters. The molecule has 1 heterocycles. The highest BCUT2D eigenvalue weighted by Gasteiger charge is 2.11. The number of hydrogen-bond donors (Lipinski definition) is 3. The Balaban J connectivity index is 2.04. The molecule has 0 bridgehead atoms. The van der Waals surface area contributed by atoms with E-state index in [-0.39, 0.29) is 28.6 Å². The number of phenolic OH excluding ortho intramolecular Hbond substituents is 1. The largest absolute Gasteiger partial charge is 0.508 e. The summed E-state index contributed by atoms with van der Waals surface area (Å²) in [7, 11) is 0. The van der Waals surface area contributed by atoms with Crippen LogP contribution in [-0.2, 0) is 6.54 Å². The zero-order valence-corrected chi connectivity index (χ0v) is 11.5. The predicted octanol–water partition coefficient (Wildman–Crippen LogP) is 2.07. The Bertz CT molecular complexity index is 686. The molecular weight excluding hydrogens is 296 g/mol. The van der Waals surface area contributed by atoms with Crippen LogP contribution in [0.25, 0.3) is 0 Å². The van der Waals surface area contributed by atoms with Gasteiger partial charge in [-0.3, -0.25) is 4.79 Å². The number of rotatable bonds is 4. The van der Waals surface area contributed by atoms with E-state index in [1.54, 1.807) is 6.07 Å². The molecule has 21 heavy (non-hydrogen) atoms. The molecule has 0 saturated heterocycles. The first-order valence-electron chi connectivity index (χ1n) is 5.92. The van der Waals surface area contributed by atoms with E-state index in [2.05, 4.69) is 10.3 Å². The van der Waals surface area contributed by atoms with Crippen molar-refractivity contribution >= 4 is 23.5 Å². The van der Waals surface area contributed by atoms with E-state index in [0.717, 1.165) is 0 Å². The lowest BCUT2D eigenvalue weighted by Crippen LogP contribution is -2.23. The maximum atomic E-state index is 11.9. The average Bonchev–Trinajstić information content (AvgIpc) is 2.47. The van der Waals surface area contributed by atoms with Crippen molar-refractivity contribution in [3.8, 4) is 5.75 Å². The minimum Gasteiger partial charge on any atom is -0.508 e. The third-order valence-corrected chi connectivity index (χ3v) is 3.02. The van der Waals surface area contributed by atoms with Crippen molar-refractivity contribution in [3.05, 3.63) is 58.4 Å². The molecule has 3 N–H and O–H groups in total. The Kier molecular flexibility index (Phi) is 4.39. The summed E-state index contributed by atoms with van der Waals surface area (Å²) in [5.74, 6) is -1.62. The van der Waals surface area contributed by atoms with Gasteiger partial charge in [0.25, 0.3) is 5.91 Å². The van der Waals surface area contributed by atoms with Crippen LogP contribution in [0.4, 0.5) is 0 Å². The molecule has 0 radical (unpaired) electrons. The van der Waals surface area contributed by atoms with Gasteiger partial charge in [-0.1, -0.05) is 17.7 Å². The normalized spacial score (nSPS) is 10.1. The van der Waals surface area contributed by atoms with Gasteiger partial charge in [0.1, 0.15) is 11.4 Å². The first-order valence-corrected chi connectivity index (χ1v) is 6.30. The van der Waals surface area contributed by atoms with Crippen LogP contribution in [0.3, 0.4) is 0 Å². The number of carbonyl (C=O) groups excluding carboxylic acids is 1. The van der Waals surface area contributed by atoms with Gasteiger partial charge in [-0.15, -0.1) is 0 Å². The van der Waals surface area contributed by atoms with Crippen molar-refractivity contribution in [2.45, 2.75) is 6.54 Å². The minimum absolute atomic E-state index is 0.0583. The van der Waals surface area contributed by atoms with Crippen LogP contribution in [0, 0.1) is 0 Å². The standard InChI is InChI=1S/C14H11ClN2O4/c15-11-3-2-9(18)5-10(11)13(19)17-7-8-1-4-12(14(20)21)16-6-8/h1-6,18H,7H2,(H,17,19)(H,20,21). The van der Waals surface area contributed by atoms with Gasteiger partial charge in [0.05, 0.1) is 10.6 Å². The summed E-state index contributed by atoms with van der Waals surface area (Å²) in [5, 5.41) is 20.9. The number of hydrogen-bond acceptors (Lipinski definition) is 4. The van der Waals surface area contributed by atoms with Crippen molar-refractivity contribution in [1.29, 1.82) is 0 Å². The summed E-state index contributed by atoms with van der Waals surface area (Å²) < 4.78 is 0. The SMILES string of the molecule is O=C(O)c1ccc(CNC(=O)c2cc(O)ccc2Cl)cn1. The predicted molar refractivity (Wildman–Crippen MR) is 75.5 cm³/mol. The molecule has 1 amide bonds. The molecule has 6 nitrogen and oxygen atoms in total. The van der Waals surface area contributed by atoms with Gasteiger partial charge in [0.2, 0.25) is 0 Å². The fraction of sp³-hybridized carbons (Fsp3) is 0.0714. The summed E-state index contributed by atoms with van der Waals surface area (Å²) in [5.41, 5.74) is 0.734. The molecule has 0 unspecified atom stereocenters. The van der Waals surface area contributed by atoms with Crippen LogP contribution < -0.4 is 5.32 Å². The van der Waals surface area contributed by atoms with Crippen LogP contribution in [0.15, 0.2) is 36.5 Å². The molecule has 1 aromatic carbocycles. The highest BCUT2D eigenvalue weighted by molar-refractivity contribution is 6.33. The monoisotopic (exact) mass is 306 g/mol. The summed E-state index contributed by atoms with van der Waals surface area (Å²) in [4.78, 5) is 26.4. The second-order valence-electron chi connectivity index (χ2n) is 4.20. The van der Waals surface area contributed by atoms with Gasteiger partial charge in [-0.25, -0.2) is 9.78 Å². The van der Waals surface area contributed by atoms with E-state index in [4.69, 9.17) is 16.7 Å². The highest BCUT2D eigenvalue weighted by atomic mass is 35.5. The quantitative estimate of drug-likeness (QED) is 0.803. The van der Waals surface area contributed by atoms with E-state index < -0.39 is 11.9 Å². The van der Waals surface area contributed by atoms with Crippen LogP contribution in [0.1, 0.15) is 26.4 Å². The maximum Gasteiger partial charge on any atom is 0.354 e. The molecule has 2 aromatic rings. The lowest BCUT2D eigenvalue weighted by atomic mass is 10.2. The zero-order chi connectivity index (χ0) is 15.4. The van der Waals surface area contributed by atoms with Gasteiger partial charge in [0.15, 0.2) is 0 Å². The van der Waals surface area contributed by atoms with Crippen molar-refractivity contribution in [2.24, 2.45) is 0 Å². The molecule has 0 aliphatic carbocycles. The number of amides is 1. The van der Waals surface area contributed by atoms with Crippen molar-refractivity contribution < 1.29 is 19.8 Å². The van der Waals surface area contributed by atoms with Gasteiger partial charge in [0, 0.05) is 12.7 Å². The Labute approximate surface area is 125 Å². The number of nitrogens with zero attached hydrogens (tertiary/aromatic N) is 1. The molecule has 7 heteroatoms. The van der Waals surface area contributed by atoms with Crippen molar-refractivity contribution in [3.63, 3.8) is 0 Å². The lowest BCUT2D eigenvalue weighted by Gasteiger charge is -2.07. The fourth-order valence-electron chi connectivity index (χ4n) is 1.62. The molecule has 108 valence electrons. The second-order valence-corrected chi connectivity index (χ2v) is 4.61. The Morgan fingerprint density at radius 2 is 2.00 bits per heavy atom. The van der Waals surface area contributed by atoms with Crippen LogP contribution in [0.2, 0.25) is 5.02 Å². The topological polar surface area (TPSA) is 99.5 Å². The number of carboxylic acids is 1. The summed E-state index contributed by atoms with van der Waals surface area (Å²) >= 11 is 5.88. The second kappa shape index (κ2) is 6.23. The van der Waals surface area contributed by atoms with Crippen LogP contribution in [0.5, 0.6) is 5.75 Å². The van der Waals surface area contributed by atoms with E-state index in [9.17, 15) is 14.7 Å².